The molecule has 122 valence electrons. The lowest BCUT2D eigenvalue weighted by atomic mass is 10.1. The summed E-state index contributed by atoms with van der Waals surface area (Å²) in [6.07, 6.45) is -0.125. The lowest BCUT2D eigenvalue weighted by molar-refractivity contribution is -0.169. The Balaban J connectivity index is 1.54. The predicted molar refractivity (Wildman–Crippen MR) is 84.6 cm³/mol. The van der Waals surface area contributed by atoms with Gasteiger partial charge in [-0.15, -0.1) is 0 Å². The van der Waals surface area contributed by atoms with Gasteiger partial charge >= 0.3 is 5.97 Å². The predicted octanol–water partition coefficient (Wildman–Crippen LogP) is 2.86. The third-order valence-electron chi connectivity index (χ3n) is 3.32. The van der Waals surface area contributed by atoms with Gasteiger partial charge < -0.3 is 9.57 Å². The van der Waals surface area contributed by atoms with E-state index < -0.39 is 17.8 Å². The molecule has 0 bridgehead atoms. The van der Waals surface area contributed by atoms with Crippen molar-refractivity contribution in [1.82, 2.24) is 5.06 Å². The molecule has 0 aliphatic carbocycles. The average Bonchev–Trinajstić information content (AvgIpc) is 2.80. The van der Waals surface area contributed by atoms with Gasteiger partial charge in [-0.25, -0.2) is 4.79 Å². The summed E-state index contributed by atoms with van der Waals surface area (Å²) < 4.78 is 5.36. The summed E-state index contributed by atoms with van der Waals surface area (Å²) in [5, 5.41) is 0.993. The van der Waals surface area contributed by atoms with E-state index in [2.05, 4.69) is 0 Å². The lowest BCUT2D eigenvalue weighted by Crippen LogP contribution is -2.33. The van der Waals surface area contributed by atoms with Gasteiger partial charge in [0.25, 0.3) is 11.8 Å². The van der Waals surface area contributed by atoms with Gasteiger partial charge in [0.15, 0.2) is 0 Å². The maximum atomic E-state index is 12.1. The highest BCUT2D eigenvalue weighted by atomic mass is 35.5. The topological polar surface area (TPSA) is 72.9 Å². The Bertz CT molecular complexity index is 785. The summed E-state index contributed by atoms with van der Waals surface area (Å²) in [6.45, 7) is 0.0301. The molecule has 1 aliphatic heterocycles. The first-order valence-electron chi connectivity index (χ1n) is 7.13. The monoisotopic (exact) mass is 345 g/mol. The largest absolute Gasteiger partial charge is 0.493 e. The zero-order valence-corrected chi connectivity index (χ0v) is 13.2. The summed E-state index contributed by atoms with van der Waals surface area (Å²) in [6, 6.07) is 13.0. The van der Waals surface area contributed by atoms with E-state index in [1.165, 1.54) is 12.1 Å². The first kappa shape index (κ1) is 16.0. The number of fused-ring (bicyclic) bond motifs is 1. The number of carbonyl (C=O) groups excluding carboxylic acids is 3. The molecule has 0 fully saturated rings. The number of nitrogens with zero attached hydrogens (tertiary/aromatic N) is 1. The molecule has 6 nitrogen and oxygen atoms in total. The Morgan fingerprint density at radius 3 is 2.29 bits per heavy atom. The van der Waals surface area contributed by atoms with Crippen molar-refractivity contribution in [2.45, 2.75) is 6.42 Å². The Morgan fingerprint density at radius 2 is 1.67 bits per heavy atom. The van der Waals surface area contributed by atoms with E-state index >= 15 is 0 Å². The van der Waals surface area contributed by atoms with Crippen LogP contribution in [0.4, 0.5) is 0 Å². The number of carbonyl (C=O) groups is 3. The second-order valence-corrected chi connectivity index (χ2v) is 5.41. The van der Waals surface area contributed by atoms with Crippen LogP contribution in [-0.2, 0) is 9.63 Å². The molecule has 1 aliphatic rings. The number of halogens is 1. The summed E-state index contributed by atoms with van der Waals surface area (Å²) in [4.78, 5) is 40.8. The number of hydroxylamine groups is 2. The Hall–Kier alpha value is -2.86. The van der Waals surface area contributed by atoms with Gasteiger partial charge in [-0.2, -0.15) is 0 Å². The molecule has 0 N–H and O–H groups in total. The molecule has 7 heteroatoms. The van der Waals surface area contributed by atoms with Crippen LogP contribution < -0.4 is 4.74 Å². The van der Waals surface area contributed by atoms with Crippen molar-refractivity contribution in [1.29, 1.82) is 0 Å². The highest BCUT2D eigenvalue weighted by Crippen LogP contribution is 2.23. The molecule has 0 saturated carbocycles. The second-order valence-electron chi connectivity index (χ2n) is 4.97. The molecular weight excluding hydrogens is 334 g/mol. The van der Waals surface area contributed by atoms with Crippen molar-refractivity contribution in [3.8, 4) is 5.75 Å². The highest BCUT2D eigenvalue weighted by molar-refractivity contribution is 6.30. The Labute approximate surface area is 142 Å². The number of rotatable bonds is 5. The second kappa shape index (κ2) is 6.72. The zero-order valence-electron chi connectivity index (χ0n) is 12.4. The van der Waals surface area contributed by atoms with E-state index in [-0.39, 0.29) is 24.2 Å². The van der Waals surface area contributed by atoms with Crippen molar-refractivity contribution >= 4 is 29.4 Å². The lowest BCUT2D eigenvalue weighted by Gasteiger charge is -2.13. The maximum absolute atomic E-state index is 12.1. The van der Waals surface area contributed by atoms with Crippen LogP contribution in [-0.4, -0.2) is 29.5 Å². The molecule has 24 heavy (non-hydrogen) atoms. The van der Waals surface area contributed by atoms with Crippen molar-refractivity contribution < 1.29 is 24.0 Å². The van der Waals surface area contributed by atoms with Crippen molar-refractivity contribution in [2.75, 3.05) is 6.61 Å². The fourth-order valence-corrected chi connectivity index (χ4v) is 2.39. The molecule has 3 rings (SSSR count). The SMILES string of the molecule is O=C(CCOc1cccc(Cl)c1)ON1C(=O)c2ccccc2C1=O. The van der Waals surface area contributed by atoms with Crippen molar-refractivity contribution in [3.05, 3.63) is 64.7 Å². The third kappa shape index (κ3) is 3.23. The van der Waals surface area contributed by atoms with Gasteiger partial charge in [0.1, 0.15) is 5.75 Å². The van der Waals surface area contributed by atoms with Crippen LogP contribution in [0.25, 0.3) is 0 Å². The fraction of sp³-hybridized carbons (Fsp3) is 0.118. The Kier molecular flexibility index (Phi) is 4.48. The van der Waals surface area contributed by atoms with E-state index in [0.717, 1.165) is 0 Å². The standard InChI is InChI=1S/C17H12ClNO5/c18-11-4-3-5-12(10-11)23-9-8-15(20)24-19-16(21)13-6-1-2-7-14(13)17(19)22/h1-7,10H,8-9H2. The molecule has 2 amide bonds. The number of hydrogen-bond acceptors (Lipinski definition) is 5. The van der Waals surface area contributed by atoms with E-state index in [0.29, 0.717) is 15.8 Å². The van der Waals surface area contributed by atoms with Crippen molar-refractivity contribution in [3.63, 3.8) is 0 Å². The minimum atomic E-state index is -0.744. The molecule has 2 aromatic carbocycles. The van der Waals surface area contributed by atoms with E-state index in [1.54, 1.807) is 36.4 Å². The number of imide groups is 1. The summed E-state index contributed by atoms with van der Waals surface area (Å²) in [5.74, 6) is -1.54. The molecule has 0 atom stereocenters. The van der Waals surface area contributed by atoms with Gasteiger partial charge in [0.05, 0.1) is 24.2 Å². The summed E-state index contributed by atoms with van der Waals surface area (Å²) >= 11 is 5.82. The molecular formula is C17H12ClNO5. The Morgan fingerprint density at radius 1 is 1.00 bits per heavy atom. The number of ether oxygens (including phenoxy) is 1. The molecule has 2 aromatic rings. The van der Waals surface area contributed by atoms with Gasteiger partial charge in [-0.1, -0.05) is 34.9 Å². The fourth-order valence-electron chi connectivity index (χ4n) is 2.21. The van der Waals surface area contributed by atoms with Crippen LogP contribution in [0.2, 0.25) is 5.02 Å². The highest BCUT2D eigenvalue weighted by Gasteiger charge is 2.38. The van der Waals surface area contributed by atoms with Gasteiger partial charge in [-0.3, -0.25) is 9.59 Å². The molecule has 0 spiro atoms. The summed E-state index contributed by atoms with van der Waals surface area (Å²) in [5.41, 5.74) is 0.427. The van der Waals surface area contributed by atoms with Gasteiger partial charge in [-0.05, 0) is 30.3 Å². The molecule has 0 radical (unpaired) electrons. The average molecular weight is 346 g/mol. The van der Waals surface area contributed by atoms with Gasteiger partial charge in [0.2, 0.25) is 0 Å². The van der Waals surface area contributed by atoms with E-state index in [4.69, 9.17) is 21.2 Å². The van der Waals surface area contributed by atoms with Crippen molar-refractivity contribution in [2.24, 2.45) is 0 Å². The minimum Gasteiger partial charge on any atom is -0.493 e. The van der Waals surface area contributed by atoms with Crippen LogP contribution >= 0.6 is 11.6 Å². The summed E-state index contributed by atoms with van der Waals surface area (Å²) in [7, 11) is 0. The van der Waals surface area contributed by atoms with Crippen LogP contribution in [0, 0.1) is 0 Å². The van der Waals surface area contributed by atoms with Crippen LogP contribution in [0.1, 0.15) is 27.1 Å². The number of amides is 2. The quantitative estimate of drug-likeness (QED) is 0.779. The molecule has 1 heterocycles. The van der Waals surface area contributed by atoms with E-state index in [1.807, 2.05) is 0 Å². The smallest absolute Gasteiger partial charge is 0.336 e. The third-order valence-corrected chi connectivity index (χ3v) is 3.56. The zero-order chi connectivity index (χ0) is 17.1. The molecule has 0 aromatic heterocycles. The minimum absolute atomic E-state index is 0.0301. The first-order chi connectivity index (χ1) is 11.6. The normalized spacial score (nSPS) is 13.0. The van der Waals surface area contributed by atoms with Gasteiger partial charge in [0, 0.05) is 5.02 Å². The van der Waals surface area contributed by atoms with E-state index in [9.17, 15) is 14.4 Å². The number of hydrogen-bond donors (Lipinski definition) is 0. The first-order valence-corrected chi connectivity index (χ1v) is 7.51. The van der Waals surface area contributed by atoms with Crippen LogP contribution in [0.5, 0.6) is 5.75 Å². The van der Waals surface area contributed by atoms with Crippen LogP contribution in [0.3, 0.4) is 0 Å². The molecule has 0 saturated heterocycles. The van der Waals surface area contributed by atoms with Crippen LogP contribution in [0.15, 0.2) is 48.5 Å². The molecule has 0 unspecified atom stereocenters. The number of benzene rings is 2. The maximum Gasteiger partial charge on any atom is 0.336 e.